The third-order valence-electron chi connectivity index (χ3n) is 6.03. The van der Waals surface area contributed by atoms with E-state index in [-0.39, 0.29) is 36.9 Å². The second kappa shape index (κ2) is 11.2. The summed E-state index contributed by atoms with van der Waals surface area (Å²) < 4.78 is 5.51. The molecule has 2 N–H and O–H groups in total. The molecule has 0 saturated heterocycles. The van der Waals surface area contributed by atoms with Crippen molar-refractivity contribution in [3.05, 3.63) is 81.9 Å². The maximum atomic E-state index is 13.6. The minimum absolute atomic E-state index is 0.108. The minimum Gasteiger partial charge on any atom is -0.467 e. The highest BCUT2D eigenvalue weighted by Crippen LogP contribution is 2.26. The maximum Gasteiger partial charge on any atom is 0.261 e. The molecular formula is C26H29N3O4S. The van der Waals surface area contributed by atoms with Crippen LogP contribution in [0.4, 0.5) is 0 Å². The van der Waals surface area contributed by atoms with Crippen molar-refractivity contribution >= 4 is 29.1 Å². The third-order valence-corrected chi connectivity index (χ3v) is 6.90. The summed E-state index contributed by atoms with van der Waals surface area (Å²) >= 11 is 1.31. The largest absolute Gasteiger partial charge is 0.467 e. The van der Waals surface area contributed by atoms with Crippen LogP contribution < -0.4 is 10.6 Å². The Morgan fingerprint density at radius 2 is 1.85 bits per heavy atom. The first-order valence-electron chi connectivity index (χ1n) is 11.5. The number of hydrogen-bond acceptors (Lipinski definition) is 5. The normalized spacial score (nSPS) is 14.5. The number of benzene rings is 1. The molecule has 0 spiro atoms. The number of carbonyl (C=O) groups excluding carboxylic acids is 3. The number of thiophene rings is 1. The number of hydrogen-bond donors (Lipinski definition) is 2. The van der Waals surface area contributed by atoms with Crippen LogP contribution in [-0.2, 0) is 16.1 Å². The molecule has 0 aliphatic heterocycles. The number of nitrogens with one attached hydrogen (secondary N) is 2. The van der Waals surface area contributed by atoms with Crippen molar-refractivity contribution in [3.8, 4) is 0 Å². The first-order chi connectivity index (χ1) is 16.5. The van der Waals surface area contributed by atoms with Crippen LogP contribution in [0.15, 0.2) is 64.6 Å². The van der Waals surface area contributed by atoms with Gasteiger partial charge in [0.25, 0.3) is 5.91 Å². The standard InChI is InChI=1S/C26H29N3O4S/c1-18-10-12-19(13-11-18)24(26(32)28-20-6-2-3-7-20)29(17-21-8-4-14-33-21)23(30)16-27-25(31)22-9-5-15-34-22/h4-5,8-15,20,24H,2-3,6-7,16-17H2,1H3,(H,27,31)(H,28,32)/t24-/m1/s1. The van der Waals surface area contributed by atoms with Crippen LogP contribution in [0.2, 0.25) is 0 Å². The lowest BCUT2D eigenvalue weighted by molar-refractivity contribution is -0.141. The van der Waals surface area contributed by atoms with E-state index in [1.54, 1.807) is 29.6 Å². The van der Waals surface area contributed by atoms with Crippen molar-refractivity contribution in [3.63, 3.8) is 0 Å². The lowest BCUT2D eigenvalue weighted by Gasteiger charge is -2.32. The quantitative estimate of drug-likeness (QED) is 0.481. The summed E-state index contributed by atoms with van der Waals surface area (Å²) in [5.74, 6) is -0.346. The smallest absolute Gasteiger partial charge is 0.261 e. The number of rotatable bonds is 9. The molecule has 0 radical (unpaired) electrons. The summed E-state index contributed by atoms with van der Waals surface area (Å²) in [6.45, 7) is 1.86. The van der Waals surface area contributed by atoms with E-state index >= 15 is 0 Å². The van der Waals surface area contributed by atoms with Crippen molar-refractivity contribution in [1.82, 2.24) is 15.5 Å². The van der Waals surface area contributed by atoms with E-state index in [2.05, 4.69) is 10.6 Å². The molecule has 8 heteroatoms. The van der Waals surface area contributed by atoms with E-state index in [9.17, 15) is 14.4 Å². The molecule has 1 saturated carbocycles. The molecule has 2 aromatic heterocycles. The molecule has 0 unspecified atom stereocenters. The second-order valence-corrected chi connectivity index (χ2v) is 9.51. The van der Waals surface area contributed by atoms with Gasteiger partial charge in [0.05, 0.1) is 24.2 Å². The van der Waals surface area contributed by atoms with E-state index in [1.165, 1.54) is 22.5 Å². The predicted molar refractivity (Wildman–Crippen MR) is 130 cm³/mol. The van der Waals surface area contributed by atoms with Crippen LogP contribution in [0.3, 0.4) is 0 Å². The molecule has 3 amide bonds. The van der Waals surface area contributed by atoms with Crippen molar-refractivity contribution in [2.24, 2.45) is 0 Å². The van der Waals surface area contributed by atoms with Crippen LogP contribution in [0, 0.1) is 6.92 Å². The first-order valence-corrected chi connectivity index (χ1v) is 12.4. The fourth-order valence-corrected chi connectivity index (χ4v) is 4.86. The van der Waals surface area contributed by atoms with Crippen molar-refractivity contribution in [1.29, 1.82) is 0 Å². The Kier molecular flexibility index (Phi) is 7.80. The highest BCUT2D eigenvalue weighted by Gasteiger charge is 2.33. The Labute approximate surface area is 203 Å². The average Bonchev–Trinajstić information content (AvgIpc) is 3.62. The van der Waals surface area contributed by atoms with Crippen LogP contribution >= 0.6 is 11.3 Å². The number of furan rings is 1. The van der Waals surface area contributed by atoms with Gasteiger partial charge in [0.15, 0.2) is 0 Å². The van der Waals surface area contributed by atoms with Gasteiger partial charge in [-0.15, -0.1) is 11.3 Å². The monoisotopic (exact) mass is 479 g/mol. The number of carbonyl (C=O) groups is 3. The molecule has 1 aromatic carbocycles. The SMILES string of the molecule is Cc1ccc([C@H](C(=O)NC2CCCC2)N(Cc2ccco2)C(=O)CNC(=O)c2cccs2)cc1. The van der Waals surface area contributed by atoms with Crippen LogP contribution in [0.1, 0.15) is 58.3 Å². The molecule has 0 bridgehead atoms. The Morgan fingerprint density at radius 3 is 2.50 bits per heavy atom. The number of amides is 3. The van der Waals surface area contributed by atoms with Crippen molar-refractivity contribution in [2.75, 3.05) is 6.54 Å². The zero-order valence-electron chi connectivity index (χ0n) is 19.2. The Hall–Kier alpha value is -3.39. The van der Waals surface area contributed by atoms with Crippen LogP contribution in [0.25, 0.3) is 0 Å². The molecule has 1 aliphatic carbocycles. The summed E-state index contributed by atoms with van der Waals surface area (Å²) in [4.78, 5) is 41.5. The molecule has 178 valence electrons. The molecule has 1 fully saturated rings. The Morgan fingerprint density at radius 1 is 1.09 bits per heavy atom. The molecule has 7 nitrogen and oxygen atoms in total. The lowest BCUT2D eigenvalue weighted by Crippen LogP contribution is -2.48. The van der Waals surface area contributed by atoms with E-state index in [0.29, 0.717) is 16.2 Å². The van der Waals surface area contributed by atoms with Crippen molar-refractivity contribution in [2.45, 2.75) is 51.2 Å². The summed E-state index contributed by atoms with van der Waals surface area (Å²) in [5, 5.41) is 7.64. The van der Waals surface area contributed by atoms with Gasteiger partial charge in [0.1, 0.15) is 11.8 Å². The van der Waals surface area contributed by atoms with Gasteiger partial charge in [-0.2, -0.15) is 0 Å². The molecule has 2 heterocycles. The van der Waals surface area contributed by atoms with E-state index in [0.717, 1.165) is 31.2 Å². The van der Waals surface area contributed by atoms with Gasteiger partial charge in [-0.05, 0) is 48.9 Å². The summed E-state index contributed by atoms with van der Waals surface area (Å²) in [5.41, 5.74) is 1.77. The van der Waals surface area contributed by atoms with Gasteiger partial charge in [0, 0.05) is 6.04 Å². The zero-order chi connectivity index (χ0) is 23.9. The van der Waals surface area contributed by atoms with Crippen LogP contribution in [0.5, 0.6) is 0 Å². The lowest BCUT2D eigenvalue weighted by atomic mass is 10.0. The highest BCUT2D eigenvalue weighted by molar-refractivity contribution is 7.12. The average molecular weight is 480 g/mol. The van der Waals surface area contributed by atoms with E-state index < -0.39 is 6.04 Å². The molecule has 34 heavy (non-hydrogen) atoms. The van der Waals surface area contributed by atoms with Gasteiger partial charge >= 0.3 is 0 Å². The summed E-state index contributed by atoms with van der Waals surface area (Å²) in [6.07, 6.45) is 5.59. The highest BCUT2D eigenvalue weighted by atomic mass is 32.1. The van der Waals surface area contributed by atoms with Gasteiger partial charge in [-0.1, -0.05) is 48.7 Å². The Balaban J connectivity index is 1.60. The Bertz CT molecular complexity index is 1090. The van der Waals surface area contributed by atoms with Crippen LogP contribution in [-0.4, -0.2) is 35.2 Å². The fraction of sp³-hybridized carbons (Fsp3) is 0.346. The predicted octanol–water partition coefficient (Wildman–Crippen LogP) is 4.21. The fourth-order valence-electron chi connectivity index (χ4n) is 4.22. The maximum absolute atomic E-state index is 13.6. The van der Waals surface area contributed by atoms with E-state index in [4.69, 9.17) is 4.42 Å². The molecule has 3 aromatic rings. The first kappa shape index (κ1) is 23.8. The molecule has 4 rings (SSSR count). The van der Waals surface area contributed by atoms with Gasteiger partial charge in [0.2, 0.25) is 11.8 Å². The minimum atomic E-state index is -0.850. The topological polar surface area (TPSA) is 91.7 Å². The summed E-state index contributed by atoms with van der Waals surface area (Å²) in [6, 6.07) is 13.9. The molecule has 1 atom stereocenters. The van der Waals surface area contributed by atoms with Gasteiger partial charge in [-0.25, -0.2) is 0 Å². The zero-order valence-corrected chi connectivity index (χ0v) is 20.0. The van der Waals surface area contributed by atoms with Gasteiger partial charge < -0.3 is 20.0 Å². The van der Waals surface area contributed by atoms with Crippen molar-refractivity contribution < 1.29 is 18.8 Å². The molecular weight excluding hydrogens is 450 g/mol. The molecule has 1 aliphatic rings. The summed E-state index contributed by atoms with van der Waals surface area (Å²) in [7, 11) is 0. The number of nitrogens with zero attached hydrogens (tertiary/aromatic N) is 1. The second-order valence-electron chi connectivity index (χ2n) is 8.56. The van der Waals surface area contributed by atoms with E-state index in [1.807, 2.05) is 31.2 Å². The van der Waals surface area contributed by atoms with Gasteiger partial charge in [-0.3, -0.25) is 14.4 Å². The third kappa shape index (κ3) is 5.94. The number of aryl methyl sites for hydroxylation is 1.